The minimum atomic E-state index is -0.908. The van der Waals surface area contributed by atoms with Gasteiger partial charge in [0.1, 0.15) is 18.2 Å². The highest BCUT2D eigenvalue weighted by Crippen LogP contribution is 2.23. The Hall–Kier alpha value is -2.93. The van der Waals surface area contributed by atoms with Crippen LogP contribution in [0, 0.1) is 5.82 Å². The number of amides is 2. The van der Waals surface area contributed by atoms with Crippen LogP contribution in [0.5, 0.6) is 5.75 Å². The third-order valence-electron chi connectivity index (χ3n) is 3.12. The second-order valence-corrected chi connectivity index (χ2v) is 5.28. The summed E-state index contributed by atoms with van der Waals surface area (Å²) in [5.41, 5.74) is 2.93. The van der Waals surface area contributed by atoms with Crippen molar-refractivity contribution in [3.05, 3.63) is 64.4 Å². The van der Waals surface area contributed by atoms with Crippen molar-refractivity contribution in [1.82, 2.24) is 10.7 Å². The largest absolute Gasteiger partial charge is 0.488 e. The van der Waals surface area contributed by atoms with E-state index >= 15 is 0 Å². The molecule has 0 aliphatic carbocycles. The lowest BCUT2D eigenvalue weighted by Gasteiger charge is -2.10. The smallest absolute Gasteiger partial charge is 0.329 e. The van der Waals surface area contributed by atoms with E-state index in [-0.39, 0.29) is 12.4 Å². The van der Waals surface area contributed by atoms with Crippen LogP contribution in [0.1, 0.15) is 11.1 Å². The topological polar surface area (TPSA) is 79.8 Å². The van der Waals surface area contributed by atoms with Gasteiger partial charge in [0.25, 0.3) is 0 Å². The molecule has 130 valence electrons. The first-order chi connectivity index (χ1) is 12.0. The number of rotatable bonds is 5. The van der Waals surface area contributed by atoms with Crippen molar-refractivity contribution >= 4 is 29.6 Å². The van der Waals surface area contributed by atoms with Crippen LogP contribution in [0.4, 0.5) is 4.39 Å². The first-order valence-corrected chi connectivity index (χ1v) is 7.60. The molecular formula is C17H15ClFN3O3. The molecule has 0 atom stereocenters. The summed E-state index contributed by atoms with van der Waals surface area (Å²) in [4.78, 5) is 22.4. The predicted octanol–water partition coefficient (Wildman–Crippen LogP) is 2.25. The average molecular weight is 364 g/mol. The fraction of sp³-hybridized carbons (Fsp3) is 0.118. The summed E-state index contributed by atoms with van der Waals surface area (Å²) in [6, 6.07) is 11.0. The molecule has 0 aliphatic heterocycles. The van der Waals surface area contributed by atoms with E-state index in [4.69, 9.17) is 16.3 Å². The van der Waals surface area contributed by atoms with Crippen molar-refractivity contribution in [2.75, 3.05) is 7.05 Å². The molecule has 0 aromatic heterocycles. The molecule has 8 heteroatoms. The molecule has 6 nitrogen and oxygen atoms in total. The van der Waals surface area contributed by atoms with Gasteiger partial charge in [-0.3, -0.25) is 9.59 Å². The van der Waals surface area contributed by atoms with Crippen LogP contribution in [0.3, 0.4) is 0 Å². The lowest BCUT2D eigenvalue weighted by atomic mass is 10.2. The first-order valence-electron chi connectivity index (χ1n) is 7.22. The standard InChI is InChI=1S/C17H15ClFN3O3/c1-20-16(23)17(24)22-21-9-12-8-13(18)6-7-15(12)25-10-11-4-2-3-5-14(11)19/h2-9H,10H2,1H3,(H,20,23)(H,22,24)/b21-9-. The Morgan fingerprint density at radius 3 is 2.72 bits per heavy atom. The molecule has 0 spiro atoms. The summed E-state index contributed by atoms with van der Waals surface area (Å²) < 4.78 is 19.2. The van der Waals surface area contributed by atoms with Gasteiger partial charge in [-0.15, -0.1) is 0 Å². The summed E-state index contributed by atoms with van der Waals surface area (Å²) in [5.74, 6) is -1.70. The van der Waals surface area contributed by atoms with E-state index in [1.165, 1.54) is 19.3 Å². The maximum Gasteiger partial charge on any atom is 0.329 e. The van der Waals surface area contributed by atoms with Gasteiger partial charge in [0.2, 0.25) is 0 Å². The van der Waals surface area contributed by atoms with Crippen molar-refractivity contribution in [3.8, 4) is 5.75 Å². The van der Waals surface area contributed by atoms with Gasteiger partial charge in [-0.25, -0.2) is 9.82 Å². The van der Waals surface area contributed by atoms with Crippen LogP contribution in [-0.4, -0.2) is 25.1 Å². The zero-order valence-electron chi connectivity index (χ0n) is 13.3. The van der Waals surface area contributed by atoms with Crippen LogP contribution < -0.4 is 15.5 Å². The number of hydrogen-bond donors (Lipinski definition) is 2. The average Bonchev–Trinajstić information content (AvgIpc) is 2.61. The van der Waals surface area contributed by atoms with E-state index in [2.05, 4.69) is 15.8 Å². The zero-order chi connectivity index (χ0) is 18.2. The number of hydrazone groups is 1. The number of ether oxygens (including phenoxy) is 1. The van der Waals surface area contributed by atoms with Gasteiger partial charge in [0.05, 0.1) is 6.21 Å². The fourth-order valence-corrected chi connectivity index (χ4v) is 2.03. The number of likely N-dealkylation sites (N-methyl/N-ethyl adjacent to an activating group) is 1. The Morgan fingerprint density at radius 2 is 2.00 bits per heavy atom. The van der Waals surface area contributed by atoms with Gasteiger partial charge in [0, 0.05) is 23.2 Å². The third-order valence-corrected chi connectivity index (χ3v) is 3.35. The quantitative estimate of drug-likeness (QED) is 0.486. The number of nitrogens with one attached hydrogen (secondary N) is 2. The maximum absolute atomic E-state index is 13.6. The predicted molar refractivity (Wildman–Crippen MR) is 92.0 cm³/mol. The van der Waals surface area contributed by atoms with Gasteiger partial charge in [-0.1, -0.05) is 29.8 Å². The summed E-state index contributed by atoms with van der Waals surface area (Å²) in [6.07, 6.45) is 1.28. The van der Waals surface area contributed by atoms with Crippen molar-refractivity contribution in [2.24, 2.45) is 5.10 Å². The van der Waals surface area contributed by atoms with E-state index < -0.39 is 11.8 Å². The minimum Gasteiger partial charge on any atom is -0.488 e. The van der Waals surface area contributed by atoms with Crippen molar-refractivity contribution < 1.29 is 18.7 Å². The molecule has 25 heavy (non-hydrogen) atoms. The molecule has 0 radical (unpaired) electrons. The molecule has 2 aromatic carbocycles. The van der Waals surface area contributed by atoms with Gasteiger partial charge < -0.3 is 10.1 Å². The maximum atomic E-state index is 13.6. The van der Waals surface area contributed by atoms with E-state index in [9.17, 15) is 14.0 Å². The molecule has 2 aromatic rings. The van der Waals surface area contributed by atoms with Gasteiger partial charge in [0.15, 0.2) is 0 Å². The minimum absolute atomic E-state index is 0.0136. The van der Waals surface area contributed by atoms with E-state index in [0.717, 1.165) is 0 Å². The van der Waals surface area contributed by atoms with Crippen molar-refractivity contribution in [3.63, 3.8) is 0 Å². The molecule has 0 saturated heterocycles. The molecule has 2 rings (SSSR count). The zero-order valence-corrected chi connectivity index (χ0v) is 14.0. The number of hydrogen-bond acceptors (Lipinski definition) is 4. The molecule has 0 unspecified atom stereocenters. The number of nitrogens with zero attached hydrogens (tertiary/aromatic N) is 1. The van der Waals surface area contributed by atoms with Gasteiger partial charge in [-0.2, -0.15) is 5.10 Å². The van der Waals surface area contributed by atoms with Gasteiger partial charge in [-0.05, 0) is 24.3 Å². The van der Waals surface area contributed by atoms with Crippen molar-refractivity contribution in [1.29, 1.82) is 0 Å². The van der Waals surface area contributed by atoms with E-state index in [1.54, 1.807) is 36.4 Å². The van der Waals surface area contributed by atoms with Crippen LogP contribution >= 0.6 is 11.6 Å². The monoisotopic (exact) mass is 363 g/mol. The molecule has 0 heterocycles. The summed E-state index contributed by atoms with van der Waals surface area (Å²) in [5, 5.41) is 6.29. The van der Waals surface area contributed by atoms with Crippen LogP contribution in [-0.2, 0) is 16.2 Å². The number of carbonyl (C=O) groups is 2. The summed E-state index contributed by atoms with van der Waals surface area (Å²) in [6.45, 7) is 0.0136. The van der Waals surface area contributed by atoms with Crippen LogP contribution in [0.15, 0.2) is 47.6 Å². The highest BCUT2D eigenvalue weighted by molar-refractivity contribution is 6.35. The summed E-state index contributed by atoms with van der Waals surface area (Å²) >= 11 is 5.94. The van der Waals surface area contributed by atoms with Gasteiger partial charge >= 0.3 is 11.8 Å². The molecule has 0 bridgehead atoms. The normalized spacial score (nSPS) is 10.5. The second-order valence-electron chi connectivity index (χ2n) is 4.84. The van der Waals surface area contributed by atoms with E-state index in [1.807, 2.05) is 0 Å². The Labute approximate surface area is 148 Å². The first kappa shape index (κ1) is 18.4. The fourth-order valence-electron chi connectivity index (χ4n) is 1.85. The Morgan fingerprint density at radius 1 is 1.24 bits per heavy atom. The molecule has 0 fully saturated rings. The Kier molecular flexibility index (Phi) is 6.47. The Bertz CT molecular complexity index is 811. The highest BCUT2D eigenvalue weighted by Gasteiger charge is 2.10. The number of carbonyl (C=O) groups excluding carboxylic acids is 2. The second kappa shape index (κ2) is 8.79. The van der Waals surface area contributed by atoms with Crippen LogP contribution in [0.2, 0.25) is 5.02 Å². The number of halogens is 2. The molecule has 2 amide bonds. The lowest BCUT2D eigenvalue weighted by molar-refractivity contribution is -0.138. The van der Waals surface area contributed by atoms with Crippen LogP contribution in [0.25, 0.3) is 0 Å². The Balaban J connectivity index is 2.10. The molecule has 0 aliphatic rings. The SMILES string of the molecule is CNC(=O)C(=O)N/N=C\c1cc(Cl)ccc1OCc1ccccc1F. The molecule has 0 saturated carbocycles. The van der Waals surface area contributed by atoms with Crippen molar-refractivity contribution in [2.45, 2.75) is 6.61 Å². The molecular weight excluding hydrogens is 349 g/mol. The number of benzene rings is 2. The van der Waals surface area contributed by atoms with E-state index in [0.29, 0.717) is 21.9 Å². The molecule has 2 N–H and O–H groups in total. The summed E-state index contributed by atoms with van der Waals surface area (Å²) in [7, 11) is 1.33. The lowest BCUT2D eigenvalue weighted by Crippen LogP contribution is -2.35. The third kappa shape index (κ3) is 5.29. The highest BCUT2D eigenvalue weighted by atomic mass is 35.5.